The number of pyridine rings is 1. The Labute approximate surface area is 79.6 Å². The molecule has 0 amide bonds. The highest BCUT2D eigenvalue weighted by Gasteiger charge is 1.93. The van der Waals surface area contributed by atoms with E-state index in [1.165, 1.54) is 10.6 Å². The highest BCUT2D eigenvalue weighted by molar-refractivity contribution is 7.55. The van der Waals surface area contributed by atoms with Crippen molar-refractivity contribution in [1.29, 1.82) is 0 Å². The van der Waals surface area contributed by atoms with Gasteiger partial charge in [-0.3, -0.25) is 4.98 Å². The molecule has 1 aromatic heterocycles. The standard InChI is InChI=1S/C11H10NP/c1-2-5-10(6-3-1)13-11-7-4-8-12-9-11/h1-9,13H. The second-order valence-electron chi connectivity index (χ2n) is 2.73. The van der Waals surface area contributed by atoms with Crippen LogP contribution < -0.4 is 10.6 Å². The van der Waals surface area contributed by atoms with E-state index in [9.17, 15) is 0 Å². The zero-order chi connectivity index (χ0) is 8.93. The number of nitrogens with zero attached hydrogens (tertiary/aromatic N) is 1. The summed E-state index contributed by atoms with van der Waals surface area (Å²) in [6, 6.07) is 14.6. The van der Waals surface area contributed by atoms with Crippen molar-refractivity contribution in [1.82, 2.24) is 4.98 Å². The monoisotopic (exact) mass is 187 g/mol. The fourth-order valence-electron chi connectivity index (χ4n) is 1.12. The summed E-state index contributed by atoms with van der Waals surface area (Å²) in [6.45, 7) is 0. The largest absolute Gasteiger partial charge is 0.264 e. The van der Waals surface area contributed by atoms with Crippen LogP contribution in [-0.4, -0.2) is 4.98 Å². The summed E-state index contributed by atoms with van der Waals surface area (Å²) in [4.78, 5) is 4.09. The molecular weight excluding hydrogens is 177 g/mol. The lowest BCUT2D eigenvalue weighted by molar-refractivity contribution is 1.35. The molecule has 0 N–H and O–H groups in total. The van der Waals surface area contributed by atoms with Crippen molar-refractivity contribution in [2.45, 2.75) is 0 Å². The van der Waals surface area contributed by atoms with Gasteiger partial charge < -0.3 is 0 Å². The van der Waals surface area contributed by atoms with Crippen LogP contribution in [0.25, 0.3) is 0 Å². The van der Waals surface area contributed by atoms with E-state index >= 15 is 0 Å². The first-order valence-corrected chi connectivity index (χ1v) is 5.17. The van der Waals surface area contributed by atoms with Crippen LogP contribution >= 0.6 is 8.58 Å². The van der Waals surface area contributed by atoms with Gasteiger partial charge in [-0.2, -0.15) is 0 Å². The number of aromatic nitrogens is 1. The first kappa shape index (κ1) is 8.40. The van der Waals surface area contributed by atoms with Gasteiger partial charge in [0.05, 0.1) is 0 Å². The minimum atomic E-state index is 0.714. The maximum Gasteiger partial charge on any atom is 0.0345 e. The predicted octanol–water partition coefficient (Wildman–Crippen LogP) is 1.71. The third-order valence-corrected chi connectivity index (χ3v) is 2.93. The van der Waals surface area contributed by atoms with Crippen LogP contribution in [0.5, 0.6) is 0 Å². The van der Waals surface area contributed by atoms with E-state index in [1.807, 2.05) is 18.3 Å². The molecule has 13 heavy (non-hydrogen) atoms. The fourth-order valence-corrected chi connectivity index (χ4v) is 2.14. The Morgan fingerprint density at radius 2 is 1.62 bits per heavy atom. The van der Waals surface area contributed by atoms with E-state index in [2.05, 4.69) is 35.3 Å². The summed E-state index contributed by atoms with van der Waals surface area (Å²) in [7, 11) is 0.714. The average Bonchev–Trinajstić information content (AvgIpc) is 2.21. The molecule has 0 aliphatic rings. The Hall–Kier alpha value is -1.20. The van der Waals surface area contributed by atoms with Gasteiger partial charge in [0, 0.05) is 12.4 Å². The van der Waals surface area contributed by atoms with Crippen LogP contribution in [0.15, 0.2) is 54.9 Å². The molecule has 2 rings (SSSR count). The van der Waals surface area contributed by atoms with Crippen molar-refractivity contribution in [2.75, 3.05) is 0 Å². The molecule has 0 radical (unpaired) electrons. The third kappa shape index (κ3) is 2.37. The normalized spacial score (nSPS) is 10.8. The van der Waals surface area contributed by atoms with E-state index in [-0.39, 0.29) is 0 Å². The first-order valence-electron chi connectivity index (χ1n) is 4.17. The lowest BCUT2D eigenvalue weighted by atomic mass is 10.4. The smallest absolute Gasteiger partial charge is 0.0345 e. The van der Waals surface area contributed by atoms with Crippen LogP contribution in [0.2, 0.25) is 0 Å². The zero-order valence-corrected chi connectivity index (χ0v) is 8.14. The molecule has 0 aliphatic carbocycles. The summed E-state index contributed by atoms with van der Waals surface area (Å²) < 4.78 is 0. The number of hydrogen-bond donors (Lipinski definition) is 0. The van der Waals surface area contributed by atoms with Gasteiger partial charge in [0.1, 0.15) is 0 Å². The minimum absolute atomic E-state index is 0.714. The minimum Gasteiger partial charge on any atom is -0.264 e. The lowest BCUT2D eigenvalue weighted by Gasteiger charge is -1.99. The van der Waals surface area contributed by atoms with Gasteiger partial charge in [-0.05, 0) is 16.7 Å². The molecule has 64 valence electrons. The van der Waals surface area contributed by atoms with E-state index in [0.29, 0.717) is 8.58 Å². The van der Waals surface area contributed by atoms with Crippen LogP contribution in [0, 0.1) is 0 Å². The Balaban J connectivity index is 2.16. The Bertz CT molecular complexity index is 321. The van der Waals surface area contributed by atoms with Crippen molar-refractivity contribution in [3.05, 3.63) is 54.9 Å². The highest BCUT2D eigenvalue weighted by atomic mass is 31.1. The molecule has 1 atom stereocenters. The van der Waals surface area contributed by atoms with Crippen molar-refractivity contribution < 1.29 is 0 Å². The Morgan fingerprint density at radius 1 is 0.846 bits per heavy atom. The Kier molecular flexibility index (Phi) is 2.68. The summed E-state index contributed by atoms with van der Waals surface area (Å²) in [5.41, 5.74) is 0. The van der Waals surface area contributed by atoms with Crippen molar-refractivity contribution in [3.63, 3.8) is 0 Å². The second-order valence-corrected chi connectivity index (χ2v) is 4.14. The lowest BCUT2D eigenvalue weighted by Crippen LogP contribution is -2.02. The number of benzene rings is 1. The van der Waals surface area contributed by atoms with Crippen LogP contribution in [0.4, 0.5) is 0 Å². The summed E-state index contributed by atoms with van der Waals surface area (Å²) in [5, 5.41) is 2.64. The van der Waals surface area contributed by atoms with E-state index < -0.39 is 0 Å². The van der Waals surface area contributed by atoms with Gasteiger partial charge in [-0.1, -0.05) is 45.0 Å². The Morgan fingerprint density at radius 3 is 2.31 bits per heavy atom. The highest BCUT2D eigenvalue weighted by Crippen LogP contribution is 2.07. The second kappa shape index (κ2) is 4.15. The van der Waals surface area contributed by atoms with Gasteiger partial charge in [0.25, 0.3) is 0 Å². The van der Waals surface area contributed by atoms with Gasteiger partial charge in [-0.15, -0.1) is 0 Å². The van der Waals surface area contributed by atoms with E-state index in [1.54, 1.807) is 6.20 Å². The quantitative estimate of drug-likeness (QED) is 0.652. The molecule has 0 aliphatic heterocycles. The maximum absolute atomic E-state index is 4.09. The molecule has 0 spiro atoms. The topological polar surface area (TPSA) is 12.9 Å². The van der Waals surface area contributed by atoms with E-state index in [4.69, 9.17) is 0 Å². The molecule has 1 unspecified atom stereocenters. The van der Waals surface area contributed by atoms with Gasteiger partial charge in [-0.25, -0.2) is 0 Å². The molecule has 1 nitrogen and oxygen atoms in total. The molecule has 0 saturated carbocycles. The molecule has 0 fully saturated rings. The zero-order valence-electron chi connectivity index (χ0n) is 7.14. The molecule has 1 heterocycles. The average molecular weight is 187 g/mol. The third-order valence-electron chi connectivity index (χ3n) is 1.72. The fraction of sp³-hybridized carbons (Fsp3) is 0. The van der Waals surface area contributed by atoms with Gasteiger partial charge in [0.15, 0.2) is 0 Å². The maximum atomic E-state index is 4.09. The molecule has 0 saturated heterocycles. The molecule has 2 heteroatoms. The van der Waals surface area contributed by atoms with Crippen LogP contribution in [-0.2, 0) is 0 Å². The number of rotatable bonds is 2. The SMILES string of the molecule is c1ccc(Pc2cccnc2)cc1. The van der Waals surface area contributed by atoms with E-state index in [0.717, 1.165) is 0 Å². The van der Waals surface area contributed by atoms with Crippen molar-refractivity contribution in [3.8, 4) is 0 Å². The van der Waals surface area contributed by atoms with Crippen LogP contribution in [0.1, 0.15) is 0 Å². The van der Waals surface area contributed by atoms with Crippen molar-refractivity contribution >= 4 is 19.2 Å². The molecule has 1 aromatic carbocycles. The molecule has 2 aromatic rings. The summed E-state index contributed by atoms with van der Waals surface area (Å²) in [5.74, 6) is 0. The summed E-state index contributed by atoms with van der Waals surface area (Å²) >= 11 is 0. The molecule has 0 bridgehead atoms. The van der Waals surface area contributed by atoms with Crippen molar-refractivity contribution in [2.24, 2.45) is 0 Å². The predicted molar refractivity (Wildman–Crippen MR) is 58.3 cm³/mol. The van der Waals surface area contributed by atoms with Crippen LogP contribution in [0.3, 0.4) is 0 Å². The van der Waals surface area contributed by atoms with Gasteiger partial charge in [0.2, 0.25) is 0 Å². The summed E-state index contributed by atoms with van der Waals surface area (Å²) in [6.07, 6.45) is 3.73. The first-order chi connectivity index (χ1) is 6.45. The van der Waals surface area contributed by atoms with Gasteiger partial charge >= 0.3 is 0 Å². The number of hydrogen-bond acceptors (Lipinski definition) is 1. The molecular formula is C11H10NP.